The van der Waals surface area contributed by atoms with Gasteiger partial charge in [0.15, 0.2) is 0 Å². The van der Waals surface area contributed by atoms with E-state index in [1.165, 1.54) is 12.7 Å². The minimum Gasteiger partial charge on any atom is -0.469 e. The van der Waals surface area contributed by atoms with Crippen LogP contribution in [-0.4, -0.2) is 20.1 Å². The molecule has 106 valence electrons. The lowest BCUT2D eigenvalue weighted by Crippen LogP contribution is -2.35. The summed E-state index contributed by atoms with van der Waals surface area (Å²) in [7, 11) is 3.33. The Morgan fingerprint density at radius 1 is 1.26 bits per heavy atom. The van der Waals surface area contributed by atoms with Crippen molar-refractivity contribution in [3.05, 3.63) is 35.4 Å². The average Bonchev–Trinajstić information content (AvgIpc) is 2.43. The second-order valence-electron chi connectivity index (χ2n) is 5.15. The number of nitrogens with one attached hydrogen (secondary N) is 1. The van der Waals surface area contributed by atoms with Crippen LogP contribution in [0.1, 0.15) is 37.9 Å². The maximum Gasteiger partial charge on any atom is 0.310 e. The van der Waals surface area contributed by atoms with E-state index in [1.807, 2.05) is 20.9 Å². The standard InChI is InChI=1S/C16H25NO2/c1-6-12-7-9-13(10-8-12)15(17-4)14(11(2)3)16(18)19-5/h7-11,14-15,17H,6H2,1-5H3. The van der Waals surface area contributed by atoms with Crippen molar-refractivity contribution in [2.24, 2.45) is 11.8 Å². The summed E-state index contributed by atoms with van der Waals surface area (Å²) in [4.78, 5) is 12.0. The van der Waals surface area contributed by atoms with Gasteiger partial charge in [-0.1, -0.05) is 45.0 Å². The summed E-state index contributed by atoms with van der Waals surface area (Å²) in [5.41, 5.74) is 2.43. The molecule has 19 heavy (non-hydrogen) atoms. The van der Waals surface area contributed by atoms with Gasteiger partial charge in [-0.25, -0.2) is 0 Å². The lowest BCUT2D eigenvalue weighted by atomic mass is 9.84. The molecule has 1 aromatic carbocycles. The van der Waals surface area contributed by atoms with Gasteiger partial charge in [-0.2, -0.15) is 0 Å². The molecule has 0 saturated heterocycles. The third kappa shape index (κ3) is 3.80. The van der Waals surface area contributed by atoms with Gasteiger partial charge >= 0.3 is 5.97 Å². The van der Waals surface area contributed by atoms with Crippen LogP contribution in [0.4, 0.5) is 0 Å². The van der Waals surface area contributed by atoms with Crippen molar-refractivity contribution in [1.29, 1.82) is 0 Å². The number of hydrogen-bond donors (Lipinski definition) is 1. The monoisotopic (exact) mass is 263 g/mol. The van der Waals surface area contributed by atoms with E-state index in [1.54, 1.807) is 0 Å². The molecule has 0 aliphatic carbocycles. The molecule has 0 spiro atoms. The fraction of sp³-hybridized carbons (Fsp3) is 0.562. The first kappa shape index (κ1) is 15.7. The molecule has 1 N–H and O–H groups in total. The zero-order chi connectivity index (χ0) is 14.4. The molecular weight excluding hydrogens is 238 g/mol. The van der Waals surface area contributed by atoms with E-state index >= 15 is 0 Å². The Balaban J connectivity index is 3.04. The lowest BCUT2D eigenvalue weighted by Gasteiger charge is -2.28. The predicted molar refractivity (Wildman–Crippen MR) is 78.0 cm³/mol. The summed E-state index contributed by atoms with van der Waals surface area (Å²) in [5.74, 6) is -0.118. The summed E-state index contributed by atoms with van der Waals surface area (Å²) >= 11 is 0. The fourth-order valence-corrected chi connectivity index (χ4v) is 2.44. The van der Waals surface area contributed by atoms with Crippen molar-refractivity contribution < 1.29 is 9.53 Å². The second kappa shape index (κ2) is 7.29. The topological polar surface area (TPSA) is 38.3 Å². The molecule has 0 aliphatic heterocycles. The van der Waals surface area contributed by atoms with Gasteiger partial charge in [0.2, 0.25) is 0 Å². The summed E-state index contributed by atoms with van der Waals surface area (Å²) in [6.07, 6.45) is 1.02. The summed E-state index contributed by atoms with van der Waals surface area (Å²) < 4.78 is 4.94. The number of carbonyl (C=O) groups is 1. The van der Waals surface area contributed by atoms with E-state index in [2.05, 4.69) is 36.5 Å². The van der Waals surface area contributed by atoms with Gasteiger partial charge in [0.1, 0.15) is 0 Å². The summed E-state index contributed by atoms with van der Waals surface area (Å²) in [5, 5.41) is 3.25. The maximum absolute atomic E-state index is 12.0. The number of hydrogen-bond acceptors (Lipinski definition) is 3. The number of rotatable bonds is 6. The molecule has 0 aromatic heterocycles. The van der Waals surface area contributed by atoms with E-state index in [-0.39, 0.29) is 23.8 Å². The zero-order valence-electron chi connectivity index (χ0n) is 12.6. The Labute approximate surface area is 116 Å². The van der Waals surface area contributed by atoms with Gasteiger partial charge < -0.3 is 10.1 Å². The molecule has 2 unspecified atom stereocenters. The normalized spacial score (nSPS) is 14.2. The first-order valence-electron chi connectivity index (χ1n) is 6.89. The molecule has 0 radical (unpaired) electrons. The molecule has 1 aromatic rings. The number of methoxy groups -OCH3 is 1. The first-order valence-corrected chi connectivity index (χ1v) is 6.89. The molecule has 0 heterocycles. The smallest absolute Gasteiger partial charge is 0.310 e. The number of aryl methyl sites for hydroxylation is 1. The van der Waals surface area contributed by atoms with Crippen LogP contribution in [-0.2, 0) is 16.0 Å². The van der Waals surface area contributed by atoms with E-state index in [9.17, 15) is 4.79 Å². The van der Waals surface area contributed by atoms with Crippen LogP contribution in [0, 0.1) is 11.8 Å². The molecule has 1 rings (SSSR count). The molecular formula is C16H25NO2. The van der Waals surface area contributed by atoms with E-state index in [0.717, 1.165) is 12.0 Å². The van der Waals surface area contributed by atoms with Crippen molar-refractivity contribution in [2.45, 2.75) is 33.2 Å². The Hall–Kier alpha value is -1.35. The Kier molecular flexibility index (Phi) is 6.03. The van der Waals surface area contributed by atoms with Crippen LogP contribution in [0.3, 0.4) is 0 Å². The lowest BCUT2D eigenvalue weighted by molar-refractivity contribution is -0.148. The highest BCUT2D eigenvalue weighted by Gasteiger charge is 2.32. The predicted octanol–water partition coefficient (Wildman–Crippen LogP) is 2.95. The Morgan fingerprint density at radius 3 is 2.21 bits per heavy atom. The molecule has 0 amide bonds. The second-order valence-corrected chi connectivity index (χ2v) is 5.15. The van der Waals surface area contributed by atoms with Crippen LogP contribution in [0.25, 0.3) is 0 Å². The van der Waals surface area contributed by atoms with E-state index < -0.39 is 0 Å². The van der Waals surface area contributed by atoms with Crippen LogP contribution < -0.4 is 5.32 Å². The highest BCUT2D eigenvalue weighted by atomic mass is 16.5. The van der Waals surface area contributed by atoms with E-state index in [0.29, 0.717) is 0 Å². The molecule has 0 bridgehead atoms. The van der Waals surface area contributed by atoms with Gasteiger partial charge in [-0.05, 0) is 30.5 Å². The first-order chi connectivity index (χ1) is 9.04. The molecule has 3 heteroatoms. The molecule has 0 aliphatic rings. The molecule has 3 nitrogen and oxygen atoms in total. The number of benzene rings is 1. The Bertz CT molecular complexity index is 398. The van der Waals surface area contributed by atoms with Gasteiger partial charge in [0.25, 0.3) is 0 Å². The van der Waals surface area contributed by atoms with Crippen molar-refractivity contribution in [2.75, 3.05) is 14.2 Å². The summed E-state index contributed by atoms with van der Waals surface area (Å²) in [6.45, 7) is 6.23. The highest BCUT2D eigenvalue weighted by Crippen LogP contribution is 2.29. The molecule has 0 saturated carbocycles. The maximum atomic E-state index is 12.0. The van der Waals surface area contributed by atoms with Crippen LogP contribution in [0.5, 0.6) is 0 Å². The number of ether oxygens (including phenoxy) is 1. The zero-order valence-corrected chi connectivity index (χ0v) is 12.6. The van der Waals surface area contributed by atoms with Crippen molar-refractivity contribution in [1.82, 2.24) is 5.32 Å². The third-order valence-electron chi connectivity index (χ3n) is 3.61. The van der Waals surface area contributed by atoms with Gasteiger partial charge in [0, 0.05) is 6.04 Å². The van der Waals surface area contributed by atoms with Crippen LogP contribution >= 0.6 is 0 Å². The fourth-order valence-electron chi connectivity index (χ4n) is 2.44. The van der Waals surface area contributed by atoms with Crippen molar-refractivity contribution >= 4 is 5.97 Å². The molecule has 0 fully saturated rings. The average molecular weight is 263 g/mol. The summed E-state index contributed by atoms with van der Waals surface area (Å²) in [6, 6.07) is 8.41. The van der Waals surface area contributed by atoms with Gasteiger partial charge in [-0.15, -0.1) is 0 Å². The molecule has 2 atom stereocenters. The van der Waals surface area contributed by atoms with E-state index in [4.69, 9.17) is 4.74 Å². The van der Waals surface area contributed by atoms with Gasteiger partial charge in [0.05, 0.1) is 13.0 Å². The highest BCUT2D eigenvalue weighted by molar-refractivity contribution is 5.73. The minimum atomic E-state index is -0.178. The third-order valence-corrected chi connectivity index (χ3v) is 3.61. The quantitative estimate of drug-likeness (QED) is 0.802. The number of esters is 1. The Morgan fingerprint density at radius 2 is 1.84 bits per heavy atom. The van der Waals surface area contributed by atoms with Crippen LogP contribution in [0.15, 0.2) is 24.3 Å². The van der Waals surface area contributed by atoms with Crippen molar-refractivity contribution in [3.8, 4) is 0 Å². The number of carbonyl (C=O) groups excluding carboxylic acids is 1. The SMILES string of the molecule is CCc1ccc(C(NC)C(C(=O)OC)C(C)C)cc1. The van der Waals surface area contributed by atoms with Crippen LogP contribution in [0.2, 0.25) is 0 Å². The minimum absolute atomic E-state index is 0.0154. The van der Waals surface area contributed by atoms with Gasteiger partial charge in [-0.3, -0.25) is 4.79 Å². The largest absolute Gasteiger partial charge is 0.469 e. The van der Waals surface area contributed by atoms with Crippen molar-refractivity contribution in [3.63, 3.8) is 0 Å².